The van der Waals surface area contributed by atoms with Crippen molar-refractivity contribution in [3.05, 3.63) is 58.5 Å². The Kier molecular flexibility index (Phi) is 5.52. The first-order valence-corrected chi connectivity index (χ1v) is 11.3. The molecular weight excluding hydrogens is 456 g/mol. The standard InChI is InChI=1S/C23H23ClN8O2/c1-11-8-14(9-18(24)26-11)19-20(15-6-7-32(3)30-15)29-22(25)21(28-19)23(33)27-12(2)17-10-16(31-34-17)13-4-5-13/h6-10,12-13H,4-5H2,1-3H3,(H2,25,29)(H,27,33). The Morgan fingerprint density at radius 1 is 1.24 bits per heavy atom. The minimum absolute atomic E-state index is 0.00551. The van der Waals surface area contributed by atoms with Crippen molar-refractivity contribution in [2.24, 2.45) is 7.05 Å². The molecular formula is C23H23ClN8O2. The predicted octanol–water partition coefficient (Wildman–Crippen LogP) is 3.84. The first kappa shape index (κ1) is 22.0. The summed E-state index contributed by atoms with van der Waals surface area (Å²) in [6.45, 7) is 3.64. The molecule has 0 aromatic carbocycles. The zero-order valence-corrected chi connectivity index (χ0v) is 19.7. The number of anilines is 1. The molecule has 4 aromatic heterocycles. The van der Waals surface area contributed by atoms with Crippen LogP contribution in [0.15, 0.2) is 35.0 Å². The van der Waals surface area contributed by atoms with Gasteiger partial charge < -0.3 is 15.6 Å². The van der Waals surface area contributed by atoms with Gasteiger partial charge in [-0.3, -0.25) is 9.48 Å². The van der Waals surface area contributed by atoms with Crippen LogP contribution in [-0.2, 0) is 7.05 Å². The number of nitrogens with two attached hydrogens (primary N) is 1. The summed E-state index contributed by atoms with van der Waals surface area (Å²) in [5, 5.41) is 11.7. The molecule has 1 amide bonds. The Balaban J connectivity index is 1.52. The summed E-state index contributed by atoms with van der Waals surface area (Å²) in [4.78, 5) is 26.5. The Labute approximate surface area is 200 Å². The molecule has 1 unspecified atom stereocenters. The summed E-state index contributed by atoms with van der Waals surface area (Å²) < 4.78 is 7.08. The zero-order chi connectivity index (χ0) is 24.0. The van der Waals surface area contributed by atoms with Gasteiger partial charge in [0.2, 0.25) is 0 Å². The Morgan fingerprint density at radius 3 is 2.71 bits per heavy atom. The predicted molar refractivity (Wildman–Crippen MR) is 126 cm³/mol. The van der Waals surface area contributed by atoms with Crippen LogP contribution in [0, 0.1) is 6.92 Å². The third-order valence-corrected chi connectivity index (χ3v) is 5.80. The number of hydrogen-bond donors (Lipinski definition) is 2. The number of nitrogen functional groups attached to an aromatic ring is 1. The van der Waals surface area contributed by atoms with Crippen molar-refractivity contribution in [3.8, 4) is 22.6 Å². The lowest BCUT2D eigenvalue weighted by Crippen LogP contribution is -2.28. The molecule has 174 valence electrons. The van der Waals surface area contributed by atoms with Crippen LogP contribution in [-0.4, -0.2) is 35.8 Å². The van der Waals surface area contributed by atoms with Gasteiger partial charge in [-0.15, -0.1) is 0 Å². The fourth-order valence-electron chi connectivity index (χ4n) is 3.72. The fourth-order valence-corrected chi connectivity index (χ4v) is 3.97. The molecule has 34 heavy (non-hydrogen) atoms. The van der Waals surface area contributed by atoms with Crippen molar-refractivity contribution in [2.75, 3.05) is 5.73 Å². The van der Waals surface area contributed by atoms with Gasteiger partial charge in [-0.25, -0.2) is 15.0 Å². The number of nitrogens with one attached hydrogen (secondary N) is 1. The molecule has 3 N–H and O–H groups in total. The lowest BCUT2D eigenvalue weighted by Gasteiger charge is -2.14. The van der Waals surface area contributed by atoms with Gasteiger partial charge in [-0.2, -0.15) is 5.10 Å². The van der Waals surface area contributed by atoms with Gasteiger partial charge in [0.25, 0.3) is 5.91 Å². The minimum atomic E-state index is -0.479. The summed E-state index contributed by atoms with van der Waals surface area (Å²) in [5.74, 6) is 0.540. The van der Waals surface area contributed by atoms with Crippen LogP contribution in [0.1, 0.15) is 59.4 Å². The van der Waals surface area contributed by atoms with Crippen molar-refractivity contribution in [1.29, 1.82) is 0 Å². The van der Waals surface area contributed by atoms with Crippen LogP contribution >= 0.6 is 11.6 Å². The molecule has 10 nitrogen and oxygen atoms in total. The van der Waals surface area contributed by atoms with E-state index in [1.54, 1.807) is 30.1 Å². The molecule has 0 spiro atoms. The average molecular weight is 479 g/mol. The molecule has 1 aliphatic carbocycles. The van der Waals surface area contributed by atoms with E-state index in [9.17, 15) is 4.79 Å². The number of halogens is 1. The smallest absolute Gasteiger partial charge is 0.274 e. The fraction of sp³-hybridized carbons (Fsp3) is 0.304. The molecule has 1 aliphatic rings. The molecule has 1 atom stereocenters. The Hall–Kier alpha value is -3.79. The van der Waals surface area contributed by atoms with Gasteiger partial charge in [0.1, 0.15) is 16.5 Å². The third-order valence-electron chi connectivity index (χ3n) is 5.61. The minimum Gasteiger partial charge on any atom is -0.382 e. The topological polar surface area (TPSA) is 138 Å². The maximum absolute atomic E-state index is 13.2. The number of aryl methyl sites for hydroxylation is 2. The number of rotatable bonds is 6. The molecule has 0 radical (unpaired) electrons. The molecule has 4 heterocycles. The molecule has 11 heteroatoms. The normalized spacial score (nSPS) is 14.2. The lowest BCUT2D eigenvalue weighted by molar-refractivity contribution is 0.0929. The van der Waals surface area contributed by atoms with Gasteiger partial charge in [0.15, 0.2) is 17.3 Å². The van der Waals surface area contributed by atoms with Gasteiger partial charge >= 0.3 is 0 Å². The van der Waals surface area contributed by atoms with Crippen molar-refractivity contribution in [2.45, 2.75) is 38.6 Å². The van der Waals surface area contributed by atoms with Gasteiger partial charge in [0.05, 0.1) is 17.4 Å². The van der Waals surface area contributed by atoms with Gasteiger partial charge in [-0.05, 0) is 44.9 Å². The largest absolute Gasteiger partial charge is 0.382 e. The van der Waals surface area contributed by atoms with Crippen molar-refractivity contribution < 1.29 is 9.32 Å². The monoisotopic (exact) mass is 478 g/mol. The van der Waals surface area contributed by atoms with Crippen LogP contribution in [0.2, 0.25) is 5.15 Å². The summed E-state index contributed by atoms with van der Waals surface area (Å²) in [5.41, 5.74) is 9.89. The molecule has 5 rings (SSSR count). The summed E-state index contributed by atoms with van der Waals surface area (Å²) >= 11 is 6.20. The van der Waals surface area contributed by atoms with E-state index in [1.807, 2.05) is 26.0 Å². The number of amides is 1. The highest BCUT2D eigenvalue weighted by Gasteiger charge is 2.29. The molecule has 0 bridgehead atoms. The van der Waals surface area contributed by atoms with Crippen LogP contribution in [0.25, 0.3) is 22.6 Å². The lowest BCUT2D eigenvalue weighted by atomic mass is 10.1. The third kappa shape index (κ3) is 4.36. The molecule has 0 aliphatic heterocycles. The average Bonchev–Trinajstić information content (AvgIpc) is 3.34. The highest BCUT2D eigenvalue weighted by Crippen LogP contribution is 2.40. The van der Waals surface area contributed by atoms with E-state index >= 15 is 0 Å². The summed E-state index contributed by atoms with van der Waals surface area (Å²) in [7, 11) is 1.80. The van der Waals surface area contributed by atoms with E-state index in [4.69, 9.17) is 21.9 Å². The van der Waals surface area contributed by atoms with E-state index in [0.717, 1.165) is 18.5 Å². The molecule has 0 saturated heterocycles. The first-order valence-electron chi connectivity index (χ1n) is 10.9. The van der Waals surface area contributed by atoms with E-state index in [2.05, 4.69) is 30.5 Å². The Bertz CT molecular complexity index is 1370. The van der Waals surface area contributed by atoms with E-state index in [0.29, 0.717) is 45.2 Å². The second-order valence-corrected chi connectivity index (χ2v) is 8.86. The highest BCUT2D eigenvalue weighted by atomic mass is 35.5. The molecule has 1 saturated carbocycles. The number of aromatic nitrogens is 6. The van der Waals surface area contributed by atoms with Crippen molar-refractivity contribution in [3.63, 3.8) is 0 Å². The van der Waals surface area contributed by atoms with Gasteiger partial charge in [0, 0.05) is 36.5 Å². The number of carbonyl (C=O) groups is 1. The van der Waals surface area contributed by atoms with E-state index in [-0.39, 0.29) is 11.5 Å². The maximum Gasteiger partial charge on any atom is 0.274 e. The summed E-state index contributed by atoms with van der Waals surface area (Å²) in [6, 6.07) is 6.74. The number of hydrogen-bond acceptors (Lipinski definition) is 8. The van der Waals surface area contributed by atoms with Gasteiger partial charge in [-0.1, -0.05) is 16.8 Å². The number of carbonyl (C=O) groups excluding carboxylic acids is 1. The van der Waals surface area contributed by atoms with E-state index in [1.165, 1.54) is 0 Å². The maximum atomic E-state index is 13.2. The number of pyridine rings is 1. The van der Waals surface area contributed by atoms with Crippen LogP contribution in [0.3, 0.4) is 0 Å². The Morgan fingerprint density at radius 2 is 2.03 bits per heavy atom. The van der Waals surface area contributed by atoms with Crippen LogP contribution in [0.4, 0.5) is 5.82 Å². The first-order chi connectivity index (χ1) is 16.3. The summed E-state index contributed by atoms with van der Waals surface area (Å²) in [6.07, 6.45) is 4.02. The zero-order valence-electron chi connectivity index (χ0n) is 18.9. The van der Waals surface area contributed by atoms with Crippen molar-refractivity contribution in [1.82, 2.24) is 35.2 Å². The van der Waals surface area contributed by atoms with E-state index < -0.39 is 11.9 Å². The highest BCUT2D eigenvalue weighted by molar-refractivity contribution is 6.29. The van der Waals surface area contributed by atoms with Crippen LogP contribution in [0.5, 0.6) is 0 Å². The SMILES string of the molecule is Cc1cc(-c2nc(C(=O)NC(C)c3cc(C4CC4)no3)c(N)nc2-c2ccn(C)n2)cc(Cl)n1. The second-order valence-electron chi connectivity index (χ2n) is 8.47. The second kappa shape index (κ2) is 8.53. The quantitative estimate of drug-likeness (QED) is 0.398. The molecule has 4 aromatic rings. The number of nitrogens with zero attached hydrogens (tertiary/aromatic N) is 6. The molecule has 1 fully saturated rings. The van der Waals surface area contributed by atoms with Crippen LogP contribution < -0.4 is 11.1 Å². The van der Waals surface area contributed by atoms with Crippen molar-refractivity contribution >= 4 is 23.3 Å².